The van der Waals surface area contributed by atoms with E-state index in [1.54, 1.807) is 24.3 Å². The molecule has 0 fully saturated rings. The van der Waals surface area contributed by atoms with Crippen LogP contribution in [0.1, 0.15) is 28.4 Å². The molecule has 1 aliphatic rings. The second-order valence-corrected chi connectivity index (χ2v) is 6.86. The lowest BCUT2D eigenvalue weighted by Crippen LogP contribution is -1.99. The number of benzene rings is 3. The Bertz CT molecular complexity index is 1090. The molecule has 3 aromatic rings. The van der Waals surface area contributed by atoms with Crippen molar-refractivity contribution in [1.29, 1.82) is 0 Å². The zero-order valence-electron chi connectivity index (χ0n) is 15.9. The van der Waals surface area contributed by atoms with Gasteiger partial charge in [-0.25, -0.2) is 0 Å². The third-order valence-corrected chi connectivity index (χ3v) is 4.87. The molecule has 0 amide bonds. The second kappa shape index (κ2) is 8.41. The zero-order valence-corrected chi connectivity index (χ0v) is 16.6. The molecule has 29 heavy (non-hydrogen) atoms. The van der Waals surface area contributed by atoms with Gasteiger partial charge in [-0.15, -0.1) is 0 Å². The predicted octanol–water partition coefficient (Wildman–Crippen LogP) is 5.93. The predicted molar refractivity (Wildman–Crippen MR) is 113 cm³/mol. The summed E-state index contributed by atoms with van der Waals surface area (Å²) in [6.45, 7) is 2.79. The van der Waals surface area contributed by atoms with Crippen LogP contribution in [0.4, 0.5) is 0 Å². The average molecular weight is 407 g/mol. The number of allylic oxidation sites excluding steroid dienone is 1. The van der Waals surface area contributed by atoms with Crippen molar-refractivity contribution < 1.29 is 19.0 Å². The van der Waals surface area contributed by atoms with Crippen LogP contribution in [0.25, 0.3) is 6.08 Å². The first-order valence-corrected chi connectivity index (χ1v) is 9.70. The number of fused-ring (bicyclic) bond motifs is 1. The van der Waals surface area contributed by atoms with E-state index in [1.165, 1.54) is 0 Å². The van der Waals surface area contributed by atoms with E-state index in [0.29, 0.717) is 41.0 Å². The highest BCUT2D eigenvalue weighted by atomic mass is 35.5. The molecule has 146 valence electrons. The number of carbonyl (C=O) groups excluding carboxylic acids is 1. The molecule has 0 spiro atoms. The van der Waals surface area contributed by atoms with Gasteiger partial charge in [0.1, 0.15) is 23.9 Å². The van der Waals surface area contributed by atoms with Gasteiger partial charge in [0.05, 0.1) is 12.2 Å². The summed E-state index contributed by atoms with van der Waals surface area (Å²) in [5.41, 5.74) is 2.19. The first-order chi connectivity index (χ1) is 14.2. The summed E-state index contributed by atoms with van der Waals surface area (Å²) < 4.78 is 17.3. The molecule has 3 aromatic carbocycles. The van der Waals surface area contributed by atoms with Gasteiger partial charge >= 0.3 is 0 Å². The summed E-state index contributed by atoms with van der Waals surface area (Å²) in [5, 5.41) is 0.651. The van der Waals surface area contributed by atoms with Gasteiger partial charge < -0.3 is 14.2 Å². The van der Waals surface area contributed by atoms with Crippen molar-refractivity contribution in [2.24, 2.45) is 0 Å². The lowest BCUT2D eigenvalue weighted by molar-refractivity contribution is 0.101. The highest BCUT2D eigenvalue weighted by Gasteiger charge is 2.28. The van der Waals surface area contributed by atoms with Crippen LogP contribution in [0.2, 0.25) is 5.02 Å². The number of carbonyl (C=O) groups is 1. The standard InChI is InChI=1S/C24H19ClO4/c1-2-27-21-10-6-4-7-16(21)13-23-24(26)19-12-11-18(14-22(19)29-23)28-15-17-8-3-5-9-20(17)25/h3-14H,2,15H2,1H3/b23-13-. The second-order valence-electron chi connectivity index (χ2n) is 6.45. The van der Waals surface area contributed by atoms with E-state index >= 15 is 0 Å². The number of ether oxygens (including phenoxy) is 3. The van der Waals surface area contributed by atoms with E-state index in [1.807, 2.05) is 55.5 Å². The van der Waals surface area contributed by atoms with E-state index in [-0.39, 0.29) is 11.5 Å². The molecule has 5 heteroatoms. The van der Waals surface area contributed by atoms with Crippen LogP contribution in [0, 0.1) is 0 Å². The molecule has 0 aromatic heterocycles. The molecule has 0 aliphatic carbocycles. The van der Waals surface area contributed by atoms with Crippen LogP contribution in [0.15, 0.2) is 72.5 Å². The fourth-order valence-electron chi connectivity index (χ4n) is 3.06. The average Bonchev–Trinajstić information content (AvgIpc) is 3.04. The fourth-order valence-corrected chi connectivity index (χ4v) is 3.25. The minimum atomic E-state index is -0.163. The molecule has 0 N–H and O–H groups in total. The highest BCUT2D eigenvalue weighted by molar-refractivity contribution is 6.31. The monoisotopic (exact) mass is 406 g/mol. The molecule has 4 rings (SSSR count). The van der Waals surface area contributed by atoms with Crippen molar-refractivity contribution in [2.45, 2.75) is 13.5 Å². The van der Waals surface area contributed by atoms with Crippen molar-refractivity contribution in [3.05, 3.63) is 94.2 Å². The van der Waals surface area contributed by atoms with E-state index in [2.05, 4.69) is 0 Å². The lowest BCUT2D eigenvalue weighted by Gasteiger charge is -2.08. The van der Waals surface area contributed by atoms with Crippen LogP contribution in [-0.2, 0) is 6.61 Å². The Balaban J connectivity index is 1.54. The Kier molecular flexibility index (Phi) is 5.54. The van der Waals surface area contributed by atoms with E-state index in [9.17, 15) is 4.79 Å². The van der Waals surface area contributed by atoms with E-state index in [0.717, 1.165) is 11.1 Å². The van der Waals surface area contributed by atoms with E-state index in [4.69, 9.17) is 25.8 Å². The Labute approximate surface area is 174 Å². The Morgan fingerprint density at radius 2 is 1.79 bits per heavy atom. The molecule has 0 saturated heterocycles. The largest absolute Gasteiger partial charge is 0.493 e. The molecular weight excluding hydrogens is 388 g/mol. The molecule has 1 aliphatic heterocycles. The summed E-state index contributed by atoms with van der Waals surface area (Å²) in [6, 6.07) is 20.2. The number of rotatable bonds is 6. The third kappa shape index (κ3) is 4.13. The summed E-state index contributed by atoms with van der Waals surface area (Å²) in [7, 11) is 0. The van der Waals surface area contributed by atoms with Gasteiger partial charge in [0.15, 0.2) is 5.76 Å². The summed E-state index contributed by atoms with van der Waals surface area (Å²) in [5.74, 6) is 1.89. The van der Waals surface area contributed by atoms with Crippen LogP contribution < -0.4 is 14.2 Å². The fraction of sp³-hybridized carbons (Fsp3) is 0.125. The Morgan fingerprint density at radius 3 is 2.62 bits per heavy atom. The highest BCUT2D eigenvalue weighted by Crippen LogP contribution is 2.36. The lowest BCUT2D eigenvalue weighted by atomic mass is 10.1. The molecule has 0 bridgehead atoms. The van der Waals surface area contributed by atoms with E-state index < -0.39 is 0 Å². The number of Topliss-reactive ketones (excluding diaryl/α,β-unsaturated/α-hetero) is 1. The van der Waals surface area contributed by atoms with Crippen molar-refractivity contribution in [3.63, 3.8) is 0 Å². The maximum Gasteiger partial charge on any atom is 0.231 e. The number of hydrogen-bond acceptors (Lipinski definition) is 4. The number of halogens is 1. The van der Waals surface area contributed by atoms with Crippen molar-refractivity contribution >= 4 is 23.5 Å². The molecule has 0 atom stereocenters. The number of hydrogen-bond donors (Lipinski definition) is 0. The molecule has 1 heterocycles. The van der Waals surface area contributed by atoms with Crippen molar-refractivity contribution in [3.8, 4) is 17.2 Å². The minimum Gasteiger partial charge on any atom is -0.493 e. The number of ketones is 1. The van der Waals surface area contributed by atoms with Gasteiger partial charge in [-0.1, -0.05) is 48.0 Å². The van der Waals surface area contributed by atoms with Gasteiger partial charge in [-0.3, -0.25) is 4.79 Å². The third-order valence-electron chi connectivity index (χ3n) is 4.50. The maximum atomic E-state index is 12.7. The number of para-hydroxylation sites is 1. The smallest absolute Gasteiger partial charge is 0.231 e. The maximum absolute atomic E-state index is 12.7. The summed E-state index contributed by atoms with van der Waals surface area (Å²) in [4.78, 5) is 12.7. The van der Waals surface area contributed by atoms with Gasteiger partial charge in [0, 0.05) is 22.2 Å². The van der Waals surface area contributed by atoms with Crippen LogP contribution in [0.3, 0.4) is 0 Å². The molecule has 0 saturated carbocycles. The molecule has 0 radical (unpaired) electrons. The summed E-state index contributed by atoms with van der Waals surface area (Å²) >= 11 is 6.17. The zero-order chi connectivity index (χ0) is 20.2. The van der Waals surface area contributed by atoms with Gasteiger partial charge in [0.2, 0.25) is 5.78 Å². The Morgan fingerprint density at radius 1 is 1.00 bits per heavy atom. The first kappa shape index (κ1) is 19.1. The molecule has 0 unspecified atom stereocenters. The van der Waals surface area contributed by atoms with Crippen LogP contribution in [0.5, 0.6) is 17.2 Å². The normalized spacial score (nSPS) is 13.9. The van der Waals surface area contributed by atoms with Crippen molar-refractivity contribution in [2.75, 3.05) is 6.61 Å². The minimum absolute atomic E-state index is 0.163. The molecular formula is C24H19ClO4. The summed E-state index contributed by atoms with van der Waals surface area (Å²) in [6.07, 6.45) is 1.71. The quantitative estimate of drug-likeness (QED) is 0.475. The SMILES string of the molecule is CCOc1ccccc1/C=C1\Oc2cc(OCc3ccccc3Cl)ccc2C1=O. The topological polar surface area (TPSA) is 44.8 Å². The van der Waals surface area contributed by atoms with Crippen LogP contribution >= 0.6 is 11.6 Å². The first-order valence-electron chi connectivity index (χ1n) is 9.32. The van der Waals surface area contributed by atoms with Gasteiger partial charge in [-0.05, 0) is 37.3 Å². The Hall–Kier alpha value is -3.24. The van der Waals surface area contributed by atoms with Crippen LogP contribution in [-0.4, -0.2) is 12.4 Å². The molecule has 4 nitrogen and oxygen atoms in total. The van der Waals surface area contributed by atoms with Crippen molar-refractivity contribution in [1.82, 2.24) is 0 Å². The van der Waals surface area contributed by atoms with Gasteiger partial charge in [-0.2, -0.15) is 0 Å². The van der Waals surface area contributed by atoms with Gasteiger partial charge in [0.25, 0.3) is 0 Å².